The number of carbonyl (C=O) groups is 2. The summed E-state index contributed by atoms with van der Waals surface area (Å²) in [6, 6.07) is 9.39. The maximum Gasteiger partial charge on any atom is 0.417 e. The maximum absolute atomic E-state index is 13.0. The Labute approximate surface area is 190 Å². The number of piperidine rings is 1. The first kappa shape index (κ1) is 24.3. The maximum atomic E-state index is 13.0. The molecule has 1 aromatic carbocycles. The summed E-state index contributed by atoms with van der Waals surface area (Å²) in [5.41, 5.74) is -0.257. The first-order chi connectivity index (χ1) is 15.7. The number of nitrogens with one attached hydrogen (secondary N) is 1. The Morgan fingerprint density at radius 2 is 1.88 bits per heavy atom. The Balaban J connectivity index is 1.54. The molecule has 3 rings (SSSR count). The second-order valence-corrected chi connectivity index (χ2v) is 7.77. The normalized spacial score (nSPS) is 14.6. The number of amides is 2. The van der Waals surface area contributed by atoms with Gasteiger partial charge in [-0.2, -0.15) is 13.2 Å². The van der Waals surface area contributed by atoms with Gasteiger partial charge in [0.15, 0.2) is 0 Å². The summed E-state index contributed by atoms with van der Waals surface area (Å²) < 4.78 is 43.4. The second-order valence-electron chi connectivity index (χ2n) is 7.77. The first-order valence-electron chi connectivity index (χ1n) is 10.7. The highest BCUT2D eigenvalue weighted by Crippen LogP contribution is 2.30. The van der Waals surface area contributed by atoms with Crippen LogP contribution in [0.25, 0.3) is 0 Å². The molecule has 1 saturated heterocycles. The van der Waals surface area contributed by atoms with Gasteiger partial charge in [0.1, 0.15) is 11.6 Å². The molecule has 2 amide bonds. The van der Waals surface area contributed by atoms with E-state index >= 15 is 0 Å². The predicted octanol–water partition coefficient (Wildman–Crippen LogP) is 3.81. The first-order valence-corrected chi connectivity index (χ1v) is 10.7. The molecular formula is C23H27F3N4O3. The number of hydrogen-bond acceptors (Lipinski definition) is 5. The SMILES string of the molecule is CCN(CC(=O)Nc1ccccc1OC)C(=O)C1CCN(c2ccc(C(F)(F)F)cn2)CC1. The third-order valence-corrected chi connectivity index (χ3v) is 5.65. The minimum atomic E-state index is -4.42. The van der Waals surface area contributed by atoms with Crippen molar-refractivity contribution < 1.29 is 27.5 Å². The van der Waals surface area contributed by atoms with E-state index in [0.29, 0.717) is 49.7 Å². The summed E-state index contributed by atoms with van der Waals surface area (Å²) in [6.07, 6.45) is -2.53. The summed E-state index contributed by atoms with van der Waals surface area (Å²) in [6.45, 7) is 3.13. The molecule has 0 saturated carbocycles. The number of anilines is 2. The van der Waals surface area contributed by atoms with Gasteiger partial charge in [-0.1, -0.05) is 12.1 Å². The zero-order valence-corrected chi connectivity index (χ0v) is 18.6. The minimum absolute atomic E-state index is 0.0753. The van der Waals surface area contributed by atoms with Crippen LogP contribution >= 0.6 is 0 Å². The zero-order chi connectivity index (χ0) is 24.0. The van der Waals surface area contributed by atoms with Crippen LogP contribution in [-0.2, 0) is 15.8 Å². The third kappa shape index (κ3) is 6.15. The largest absolute Gasteiger partial charge is 0.495 e. The van der Waals surface area contributed by atoms with Crippen molar-refractivity contribution in [2.75, 3.05) is 43.5 Å². The van der Waals surface area contributed by atoms with E-state index in [4.69, 9.17) is 4.74 Å². The standard InChI is InChI=1S/C23H27F3N4O3/c1-3-29(15-21(31)28-18-6-4-5-7-19(18)33-2)22(32)16-10-12-30(13-11-16)20-9-8-17(14-27-20)23(24,25)26/h4-9,14,16H,3,10-13,15H2,1-2H3,(H,28,31). The fourth-order valence-corrected chi connectivity index (χ4v) is 3.81. The fraction of sp³-hybridized carbons (Fsp3) is 0.435. The van der Waals surface area contributed by atoms with Gasteiger partial charge in [-0.05, 0) is 44.0 Å². The van der Waals surface area contributed by atoms with Gasteiger partial charge in [0.25, 0.3) is 0 Å². The van der Waals surface area contributed by atoms with E-state index in [-0.39, 0.29) is 24.3 Å². The van der Waals surface area contributed by atoms with Gasteiger partial charge in [0.05, 0.1) is 24.9 Å². The lowest BCUT2D eigenvalue weighted by molar-refractivity contribution is -0.139. The third-order valence-electron chi connectivity index (χ3n) is 5.65. The van der Waals surface area contributed by atoms with E-state index in [1.165, 1.54) is 18.1 Å². The summed E-state index contributed by atoms with van der Waals surface area (Å²) in [7, 11) is 1.51. The minimum Gasteiger partial charge on any atom is -0.495 e. The average Bonchev–Trinajstić information content (AvgIpc) is 2.82. The van der Waals surface area contributed by atoms with Crippen molar-refractivity contribution in [3.05, 3.63) is 48.2 Å². The van der Waals surface area contributed by atoms with Crippen LogP contribution in [0, 0.1) is 5.92 Å². The monoisotopic (exact) mass is 464 g/mol. The lowest BCUT2D eigenvalue weighted by Gasteiger charge is -2.34. The molecular weight excluding hydrogens is 437 g/mol. The molecule has 0 bridgehead atoms. The number of aromatic nitrogens is 1. The number of ether oxygens (including phenoxy) is 1. The van der Waals surface area contributed by atoms with Gasteiger partial charge in [-0.25, -0.2) is 4.98 Å². The Hall–Kier alpha value is -3.30. The predicted molar refractivity (Wildman–Crippen MR) is 118 cm³/mol. The molecule has 178 valence electrons. The molecule has 33 heavy (non-hydrogen) atoms. The number of alkyl halides is 3. The number of methoxy groups -OCH3 is 1. The molecule has 0 radical (unpaired) electrons. The number of hydrogen-bond donors (Lipinski definition) is 1. The van der Waals surface area contributed by atoms with Crippen molar-refractivity contribution in [2.24, 2.45) is 5.92 Å². The van der Waals surface area contributed by atoms with Gasteiger partial charge < -0.3 is 19.9 Å². The smallest absolute Gasteiger partial charge is 0.417 e. The molecule has 2 aromatic rings. The van der Waals surface area contributed by atoms with Crippen LogP contribution in [0.2, 0.25) is 0 Å². The van der Waals surface area contributed by atoms with Crippen LogP contribution in [0.15, 0.2) is 42.6 Å². The number of halogens is 3. The quantitative estimate of drug-likeness (QED) is 0.675. The highest BCUT2D eigenvalue weighted by Gasteiger charge is 2.32. The lowest BCUT2D eigenvalue weighted by atomic mass is 9.95. The highest BCUT2D eigenvalue weighted by molar-refractivity contribution is 5.96. The van der Waals surface area contributed by atoms with E-state index in [1.807, 2.05) is 11.8 Å². The number of likely N-dealkylation sites (N-methyl/N-ethyl adjacent to an activating group) is 1. The van der Waals surface area contributed by atoms with Gasteiger partial charge >= 0.3 is 6.18 Å². The van der Waals surface area contributed by atoms with Crippen LogP contribution in [0.3, 0.4) is 0 Å². The molecule has 2 heterocycles. The number of rotatable bonds is 7. The molecule has 0 aliphatic carbocycles. The fourth-order valence-electron chi connectivity index (χ4n) is 3.81. The van der Waals surface area contributed by atoms with Crippen molar-refractivity contribution in [2.45, 2.75) is 25.9 Å². The number of benzene rings is 1. The van der Waals surface area contributed by atoms with E-state index < -0.39 is 11.7 Å². The molecule has 1 aliphatic heterocycles. The van der Waals surface area contributed by atoms with E-state index in [2.05, 4.69) is 10.3 Å². The summed E-state index contributed by atoms with van der Waals surface area (Å²) in [4.78, 5) is 32.8. The van der Waals surface area contributed by atoms with E-state index in [0.717, 1.165) is 12.3 Å². The molecule has 1 fully saturated rings. The molecule has 1 N–H and O–H groups in total. The number of nitrogens with zero attached hydrogens (tertiary/aromatic N) is 3. The second kappa shape index (κ2) is 10.5. The average molecular weight is 464 g/mol. The van der Waals surface area contributed by atoms with E-state index in [1.54, 1.807) is 24.3 Å². The zero-order valence-electron chi connectivity index (χ0n) is 18.6. The summed E-state index contributed by atoms with van der Waals surface area (Å²) in [5, 5.41) is 2.77. The molecule has 0 spiro atoms. The van der Waals surface area contributed by atoms with Crippen molar-refractivity contribution in [1.82, 2.24) is 9.88 Å². The molecule has 1 aliphatic rings. The number of para-hydroxylation sites is 2. The van der Waals surface area contributed by atoms with Gasteiger partial charge in [-0.15, -0.1) is 0 Å². The van der Waals surface area contributed by atoms with Crippen LogP contribution in [0.4, 0.5) is 24.7 Å². The number of pyridine rings is 1. The molecule has 1 aromatic heterocycles. The van der Waals surface area contributed by atoms with Crippen molar-refractivity contribution in [3.8, 4) is 5.75 Å². The van der Waals surface area contributed by atoms with Crippen LogP contribution < -0.4 is 15.0 Å². The molecule has 7 nitrogen and oxygen atoms in total. The van der Waals surface area contributed by atoms with Crippen LogP contribution in [0.5, 0.6) is 5.75 Å². The van der Waals surface area contributed by atoms with Gasteiger partial charge in [-0.3, -0.25) is 9.59 Å². The Morgan fingerprint density at radius 3 is 2.45 bits per heavy atom. The van der Waals surface area contributed by atoms with Gasteiger partial charge in [0.2, 0.25) is 11.8 Å². The highest BCUT2D eigenvalue weighted by atomic mass is 19.4. The Bertz CT molecular complexity index is 958. The van der Waals surface area contributed by atoms with E-state index in [9.17, 15) is 22.8 Å². The Kier molecular flexibility index (Phi) is 7.78. The van der Waals surface area contributed by atoms with Crippen LogP contribution in [-0.4, -0.2) is 55.0 Å². The Morgan fingerprint density at radius 1 is 1.18 bits per heavy atom. The van der Waals surface area contributed by atoms with Crippen molar-refractivity contribution in [3.63, 3.8) is 0 Å². The van der Waals surface area contributed by atoms with Crippen molar-refractivity contribution >= 4 is 23.3 Å². The number of carbonyl (C=O) groups excluding carboxylic acids is 2. The lowest BCUT2D eigenvalue weighted by Crippen LogP contribution is -2.45. The summed E-state index contributed by atoms with van der Waals surface area (Å²) in [5.74, 6) is 0.311. The van der Waals surface area contributed by atoms with Gasteiger partial charge in [0, 0.05) is 31.7 Å². The molecule has 0 unspecified atom stereocenters. The topological polar surface area (TPSA) is 74.8 Å². The molecule has 10 heteroatoms. The molecule has 0 atom stereocenters. The summed E-state index contributed by atoms with van der Waals surface area (Å²) >= 11 is 0. The van der Waals surface area contributed by atoms with Crippen molar-refractivity contribution in [1.29, 1.82) is 0 Å². The van der Waals surface area contributed by atoms with Crippen LogP contribution in [0.1, 0.15) is 25.3 Å².